The van der Waals surface area contributed by atoms with E-state index in [1.54, 1.807) is 12.1 Å². The zero-order chi connectivity index (χ0) is 16.9. The summed E-state index contributed by atoms with van der Waals surface area (Å²) in [5, 5.41) is 3.65. The first-order chi connectivity index (χ1) is 11.6. The molecule has 1 atom stereocenters. The van der Waals surface area contributed by atoms with E-state index < -0.39 is 0 Å². The number of carbonyl (C=O) groups is 1. The van der Waals surface area contributed by atoms with Crippen LogP contribution in [-0.4, -0.2) is 36.5 Å². The second-order valence-electron chi connectivity index (χ2n) is 7.52. The van der Waals surface area contributed by atoms with Crippen molar-refractivity contribution in [3.05, 3.63) is 35.6 Å². The molecule has 1 aromatic carbocycles. The molecule has 25 heavy (non-hydrogen) atoms. The Morgan fingerprint density at radius 2 is 2.00 bits per heavy atom. The van der Waals surface area contributed by atoms with Crippen LogP contribution in [0.4, 0.5) is 4.39 Å². The Balaban J connectivity index is 0.00000225. The summed E-state index contributed by atoms with van der Waals surface area (Å²) in [6.07, 6.45) is 6.43. The lowest BCUT2D eigenvalue weighted by Gasteiger charge is -2.34. The van der Waals surface area contributed by atoms with Gasteiger partial charge in [0.2, 0.25) is 5.91 Å². The number of nitrogens with zero attached hydrogens (tertiary/aromatic N) is 1. The molecule has 140 valence electrons. The van der Waals surface area contributed by atoms with Crippen molar-refractivity contribution >= 4 is 18.3 Å². The number of rotatable bonds is 7. The third kappa shape index (κ3) is 6.27. The summed E-state index contributed by atoms with van der Waals surface area (Å²) < 4.78 is 13.2. The number of piperidine rings is 1. The number of hydrogen-bond donors (Lipinski definition) is 1. The largest absolute Gasteiger partial charge is 0.342 e. The molecule has 3 rings (SSSR count). The van der Waals surface area contributed by atoms with Gasteiger partial charge in [-0.25, -0.2) is 4.39 Å². The van der Waals surface area contributed by atoms with Gasteiger partial charge in [-0.3, -0.25) is 4.79 Å². The van der Waals surface area contributed by atoms with Gasteiger partial charge in [0.1, 0.15) is 5.82 Å². The molecule has 1 aliphatic heterocycles. The minimum absolute atomic E-state index is 0. The molecular weight excluding hydrogens is 339 g/mol. The van der Waals surface area contributed by atoms with Crippen molar-refractivity contribution in [1.82, 2.24) is 10.2 Å². The molecule has 1 aromatic rings. The molecule has 1 unspecified atom stereocenters. The fourth-order valence-corrected chi connectivity index (χ4v) is 3.47. The Morgan fingerprint density at radius 3 is 2.64 bits per heavy atom. The summed E-state index contributed by atoms with van der Waals surface area (Å²) in [5.41, 5.74) is 0.970. The highest BCUT2D eigenvalue weighted by Crippen LogP contribution is 2.28. The van der Waals surface area contributed by atoms with Gasteiger partial charge < -0.3 is 10.2 Å². The van der Waals surface area contributed by atoms with Crippen molar-refractivity contribution in [3.63, 3.8) is 0 Å². The molecule has 1 heterocycles. The van der Waals surface area contributed by atoms with Gasteiger partial charge in [-0.1, -0.05) is 19.1 Å². The lowest BCUT2D eigenvalue weighted by molar-refractivity contribution is -0.136. The monoisotopic (exact) mass is 368 g/mol. The van der Waals surface area contributed by atoms with E-state index in [0.717, 1.165) is 56.8 Å². The summed E-state index contributed by atoms with van der Waals surface area (Å²) >= 11 is 0. The summed E-state index contributed by atoms with van der Waals surface area (Å²) in [7, 11) is 0. The first-order valence-electron chi connectivity index (χ1n) is 9.38. The first-order valence-corrected chi connectivity index (χ1v) is 9.38. The maximum atomic E-state index is 13.2. The zero-order valence-electron chi connectivity index (χ0n) is 15.0. The highest BCUT2D eigenvalue weighted by atomic mass is 35.5. The molecule has 2 aliphatic rings. The van der Waals surface area contributed by atoms with E-state index in [-0.39, 0.29) is 30.0 Å². The third-order valence-corrected chi connectivity index (χ3v) is 5.38. The van der Waals surface area contributed by atoms with Gasteiger partial charge in [0.05, 0.1) is 0 Å². The van der Waals surface area contributed by atoms with Crippen molar-refractivity contribution in [2.75, 3.05) is 19.6 Å². The number of amides is 1. The van der Waals surface area contributed by atoms with Gasteiger partial charge in [0, 0.05) is 25.0 Å². The highest BCUT2D eigenvalue weighted by molar-refractivity contribution is 5.85. The summed E-state index contributed by atoms with van der Waals surface area (Å²) in [6, 6.07) is 7.26. The standard InChI is InChI=1S/C20H29FN2O.ClH/c1-15(5-6-16-3-2-4-18(21)13-16)20(24)23-11-9-19(10-12-23)22-14-17-7-8-17;/h2-4,13,15,17,19,22H,5-12,14H2,1H3;1H. The van der Waals surface area contributed by atoms with Gasteiger partial charge in [-0.2, -0.15) is 0 Å². The minimum atomic E-state index is -0.202. The molecule has 1 saturated heterocycles. The van der Waals surface area contributed by atoms with Crippen LogP contribution in [0.15, 0.2) is 24.3 Å². The van der Waals surface area contributed by atoms with Crippen molar-refractivity contribution < 1.29 is 9.18 Å². The van der Waals surface area contributed by atoms with E-state index in [9.17, 15) is 9.18 Å². The summed E-state index contributed by atoms with van der Waals surface area (Å²) in [5.74, 6) is 0.969. The Kier molecular flexibility index (Phi) is 7.70. The molecule has 0 aromatic heterocycles. The van der Waals surface area contributed by atoms with E-state index in [4.69, 9.17) is 0 Å². The van der Waals surface area contributed by atoms with Crippen LogP contribution in [0, 0.1) is 17.7 Å². The van der Waals surface area contributed by atoms with Gasteiger partial charge in [-0.15, -0.1) is 12.4 Å². The normalized spacial score (nSPS) is 19.4. The first kappa shape index (κ1) is 20.2. The number of aryl methyl sites for hydroxylation is 1. The van der Waals surface area contributed by atoms with Gasteiger partial charge in [-0.05, 0) is 68.7 Å². The summed E-state index contributed by atoms with van der Waals surface area (Å²) in [6.45, 7) is 4.89. The molecule has 1 N–H and O–H groups in total. The molecule has 2 fully saturated rings. The van der Waals surface area contributed by atoms with Crippen LogP contribution in [0.3, 0.4) is 0 Å². The zero-order valence-corrected chi connectivity index (χ0v) is 15.9. The van der Waals surface area contributed by atoms with Gasteiger partial charge in [0.25, 0.3) is 0 Å². The maximum Gasteiger partial charge on any atom is 0.225 e. The topological polar surface area (TPSA) is 32.3 Å². The van der Waals surface area contributed by atoms with E-state index in [1.165, 1.54) is 18.9 Å². The lowest BCUT2D eigenvalue weighted by Crippen LogP contribution is -2.46. The Labute approximate surface area is 156 Å². The van der Waals surface area contributed by atoms with Crippen LogP contribution in [-0.2, 0) is 11.2 Å². The predicted octanol–water partition coefficient (Wildman–Crippen LogP) is 3.81. The van der Waals surface area contributed by atoms with Gasteiger partial charge >= 0.3 is 0 Å². The van der Waals surface area contributed by atoms with E-state index in [2.05, 4.69) is 5.32 Å². The van der Waals surface area contributed by atoms with Crippen molar-refractivity contribution in [2.45, 2.75) is 51.5 Å². The van der Waals surface area contributed by atoms with Crippen LogP contribution < -0.4 is 5.32 Å². The van der Waals surface area contributed by atoms with Crippen LogP contribution in [0.25, 0.3) is 0 Å². The fraction of sp³-hybridized carbons (Fsp3) is 0.650. The van der Waals surface area contributed by atoms with Gasteiger partial charge in [0.15, 0.2) is 0 Å². The smallest absolute Gasteiger partial charge is 0.225 e. The number of carbonyl (C=O) groups excluding carboxylic acids is 1. The number of hydrogen-bond acceptors (Lipinski definition) is 2. The molecule has 1 aliphatic carbocycles. The fourth-order valence-electron chi connectivity index (χ4n) is 3.47. The average Bonchev–Trinajstić information content (AvgIpc) is 3.42. The minimum Gasteiger partial charge on any atom is -0.342 e. The highest BCUT2D eigenvalue weighted by Gasteiger charge is 2.27. The lowest BCUT2D eigenvalue weighted by atomic mass is 9.97. The van der Waals surface area contributed by atoms with E-state index in [1.807, 2.05) is 17.9 Å². The molecule has 0 spiro atoms. The quantitative estimate of drug-likeness (QED) is 0.793. The van der Waals surface area contributed by atoms with Crippen LogP contribution in [0.1, 0.15) is 44.6 Å². The third-order valence-electron chi connectivity index (χ3n) is 5.38. The second-order valence-corrected chi connectivity index (χ2v) is 7.52. The van der Waals surface area contributed by atoms with Crippen LogP contribution >= 0.6 is 12.4 Å². The average molecular weight is 369 g/mol. The molecule has 0 bridgehead atoms. The number of nitrogens with one attached hydrogen (secondary N) is 1. The second kappa shape index (κ2) is 9.54. The van der Waals surface area contributed by atoms with Crippen molar-refractivity contribution in [1.29, 1.82) is 0 Å². The van der Waals surface area contributed by atoms with Crippen molar-refractivity contribution in [3.8, 4) is 0 Å². The molecular formula is C20H30ClFN2O. The van der Waals surface area contributed by atoms with Crippen LogP contribution in [0.5, 0.6) is 0 Å². The number of benzene rings is 1. The Bertz CT molecular complexity index is 556. The van der Waals surface area contributed by atoms with E-state index in [0.29, 0.717) is 6.04 Å². The number of halogens is 2. The maximum absolute atomic E-state index is 13.2. The predicted molar refractivity (Wildman–Crippen MR) is 101 cm³/mol. The molecule has 1 saturated carbocycles. The molecule has 1 amide bonds. The molecule has 5 heteroatoms. The molecule has 3 nitrogen and oxygen atoms in total. The summed E-state index contributed by atoms with van der Waals surface area (Å²) in [4.78, 5) is 14.6. The SMILES string of the molecule is CC(CCc1cccc(F)c1)C(=O)N1CCC(NCC2CC2)CC1.Cl. The Morgan fingerprint density at radius 1 is 1.28 bits per heavy atom. The van der Waals surface area contributed by atoms with Crippen LogP contribution in [0.2, 0.25) is 0 Å². The van der Waals surface area contributed by atoms with Crippen molar-refractivity contribution in [2.24, 2.45) is 11.8 Å². The Hall–Kier alpha value is -1.13. The number of likely N-dealkylation sites (tertiary alicyclic amines) is 1. The molecule has 0 radical (unpaired) electrons. The van der Waals surface area contributed by atoms with E-state index >= 15 is 0 Å².